The highest BCUT2D eigenvalue weighted by Crippen LogP contribution is 2.48. The number of aryl methyl sites for hydroxylation is 1. The van der Waals surface area contributed by atoms with Gasteiger partial charge in [-0.2, -0.15) is 0 Å². The fraction of sp³-hybridized carbons (Fsp3) is 0.583. The van der Waals surface area contributed by atoms with E-state index in [-0.39, 0.29) is 11.3 Å². The van der Waals surface area contributed by atoms with Gasteiger partial charge in [-0.15, -0.1) is 22.9 Å². The molecule has 17 heavy (non-hydrogen) atoms. The van der Waals surface area contributed by atoms with Crippen molar-refractivity contribution in [1.29, 1.82) is 0 Å². The first kappa shape index (κ1) is 13.2. The third-order valence-corrected chi connectivity index (χ3v) is 5.20. The fourth-order valence-electron chi connectivity index (χ4n) is 1.82. The van der Waals surface area contributed by atoms with Gasteiger partial charge in [0.2, 0.25) is 0 Å². The maximum Gasteiger partial charge on any atom is 0.262 e. The molecule has 0 unspecified atom stereocenters. The minimum absolute atomic E-state index is 0.0612. The summed E-state index contributed by atoms with van der Waals surface area (Å²) in [5.41, 5.74) is 1.22. The van der Waals surface area contributed by atoms with Gasteiger partial charge in [0.1, 0.15) is 4.88 Å². The molecule has 0 saturated heterocycles. The second-order valence-electron chi connectivity index (χ2n) is 4.68. The van der Waals surface area contributed by atoms with Gasteiger partial charge in [0.05, 0.1) is 5.02 Å². The van der Waals surface area contributed by atoms with Crippen LogP contribution in [0.15, 0.2) is 5.38 Å². The van der Waals surface area contributed by atoms with E-state index in [4.69, 9.17) is 23.2 Å². The van der Waals surface area contributed by atoms with E-state index in [2.05, 4.69) is 5.32 Å². The van der Waals surface area contributed by atoms with E-state index in [1.807, 2.05) is 12.3 Å². The number of thiophene rings is 1. The van der Waals surface area contributed by atoms with E-state index < -0.39 is 0 Å². The van der Waals surface area contributed by atoms with Crippen LogP contribution in [0, 0.1) is 12.3 Å². The van der Waals surface area contributed by atoms with Crippen LogP contribution in [0.1, 0.15) is 34.5 Å². The largest absolute Gasteiger partial charge is 0.351 e. The molecule has 0 bridgehead atoms. The molecule has 2 rings (SSSR count). The Kier molecular flexibility index (Phi) is 4.01. The molecule has 0 radical (unpaired) electrons. The van der Waals surface area contributed by atoms with Crippen LogP contribution < -0.4 is 5.32 Å². The molecule has 94 valence electrons. The Morgan fingerprint density at radius 1 is 1.59 bits per heavy atom. The summed E-state index contributed by atoms with van der Waals surface area (Å²) in [7, 11) is 0. The van der Waals surface area contributed by atoms with E-state index in [1.165, 1.54) is 11.3 Å². The van der Waals surface area contributed by atoms with Crippen molar-refractivity contribution < 1.29 is 4.79 Å². The first-order valence-electron chi connectivity index (χ1n) is 5.66. The van der Waals surface area contributed by atoms with Crippen LogP contribution in [0.5, 0.6) is 0 Å². The summed E-state index contributed by atoms with van der Waals surface area (Å²) in [6, 6.07) is 0. The zero-order chi connectivity index (χ0) is 12.5. The Bertz CT molecular complexity index is 426. The van der Waals surface area contributed by atoms with Gasteiger partial charge in [0.15, 0.2) is 0 Å². The summed E-state index contributed by atoms with van der Waals surface area (Å²) >= 11 is 13.2. The van der Waals surface area contributed by atoms with Gasteiger partial charge in [-0.25, -0.2) is 0 Å². The van der Waals surface area contributed by atoms with Gasteiger partial charge in [-0.1, -0.05) is 11.6 Å². The average Bonchev–Trinajstić information content (AvgIpc) is 2.99. The summed E-state index contributed by atoms with van der Waals surface area (Å²) in [6.45, 7) is 2.62. The van der Waals surface area contributed by atoms with Crippen LogP contribution >= 0.6 is 34.5 Å². The maximum absolute atomic E-state index is 11.9. The lowest BCUT2D eigenvalue weighted by molar-refractivity contribution is 0.0948. The minimum atomic E-state index is -0.0612. The van der Waals surface area contributed by atoms with Gasteiger partial charge >= 0.3 is 0 Å². The van der Waals surface area contributed by atoms with Crippen LogP contribution in [0.4, 0.5) is 0 Å². The number of halogens is 2. The van der Waals surface area contributed by atoms with Gasteiger partial charge < -0.3 is 5.32 Å². The molecule has 1 heterocycles. The Balaban J connectivity index is 1.92. The molecule has 0 atom stereocenters. The predicted molar refractivity (Wildman–Crippen MR) is 73.4 cm³/mol. The molecular formula is C12H15Cl2NOS. The lowest BCUT2D eigenvalue weighted by atomic mass is 10.0. The van der Waals surface area contributed by atoms with Gasteiger partial charge in [0, 0.05) is 12.4 Å². The molecule has 5 heteroatoms. The first-order valence-corrected chi connectivity index (χ1v) is 7.45. The summed E-state index contributed by atoms with van der Waals surface area (Å²) < 4.78 is 0. The molecule has 1 aromatic rings. The molecule has 1 amide bonds. The van der Waals surface area contributed by atoms with Gasteiger partial charge in [0.25, 0.3) is 5.91 Å². The molecule has 0 spiro atoms. The second-order valence-corrected chi connectivity index (χ2v) is 6.32. The Labute approximate surface area is 115 Å². The highest BCUT2D eigenvalue weighted by Gasteiger charge is 2.41. The van der Waals surface area contributed by atoms with Crippen molar-refractivity contribution in [3.8, 4) is 0 Å². The van der Waals surface area contributed by atoms with Crippen LogP contribution in [0.25, 0.3) is 0 Å². The molecule has 1 aromatic heterocycles. The van der Waals surface area contributed by atoms with E-state index in [9.17, 15) is 4.79 Å². The molecule has 1 fully saturated rings. The molecule has 0 aliphatic heterocycles. The standard InChI is InChI=1S/C12H15Cl2NOS/c1-8-6-17-10(9(8)14)11(16)15-7-12(2-3-12)4-5-13/h6H,2-5,7H2,1H3,(H,15,16). The number of carbonyl (C=O) groups excluding carboxylic acids is 1. The Hall–Kier alpha value is -0.250. The Morgan fingerprint density at radius 3 is 2.76 bits per heavy atom. The van der Waals surface area contributed by atoms with Crippen molar-refractivity contribution >= 4 is 40.4 Å². The minimum Gasteiger partial charge on any atom is -0.351 e. The first-order chi connectivity index (χ1) is 8.08. The van der Waals surface area contributed by atoms with Crippen LogP contribution in [-0.4, -0.2) is 18.3 Å². The number of amides is 1. The van der Waals surface area contributed by atoms with E-state index in [0.29, 0.717) is 22.3 Å². The molecule has 1 N–H and O–H groups in total. The summed E-state index contributed by atoms with van der Waals surface area (Å²) in [6.07, 6.45) is 3.31. The third kappa shape index (κ3) is 2.95. The topological polar surface area (TPSA) is 29.1 Å². The number of nitrogens with one attached hydrogen (secondary N) is 1. The van der Waals surface area contributed by atoms with Crippen LogP contribution in [0.2, 0.25) is 5.02 Å². The SMILES string of the molecule is Cc1csc(C(=O)NCC2(CCCl)CC2)c1Cl. The van der Waals surface area contributed by atoms with Gasteiger partial charge in [-0.3, -0.25) is 4.79 Å². The zero-order valence-electron chi connectivity index (χ0n) is 9.69. The summed E-state index contributed by atoms with van der Waals surface area (Å²) in [5, 5.41) is 5.45. The van der Waals surface area contributed by atoms with Crippen molar-refractivity contribution in [1.82, 2.24) is 5.32 Å². The lowest BCUT2D eigenvalue weighted by Gasteiger charge is -2.13. The summed E-state index contributed by atoms with van der Waals surface area (Å²) in [4.78, 5) is 12.6. The second kappa shape index (κ2) is 5.17. The molecule has 1 aliphatic carbocycles. The van der Waals surface area contributed by atoms with Crippen molar-refractivity contribution in [3.63, 3.8) is 0 Å². The smallest absolute Gasteiger partial charge is 0.262 e. The molecule has 0 aromatic carbocycles. The van der Waals surface area contributed by atoms with Crippen molar-refractivity contribution in [3.05, 3.63) is 20.8 Å². The predicted octanol–water partition coefficient (Wildman–Crippen LogP) is 3.85. The zero-order valence-corrected chi connectivity index (χ0v) is 12.0. The van der Waals surface area contributed by atoms with Crippen molar-refractivity contribution in [2.75, 3.05) is 12.4 Å². The quantitative estimate of drug-likeness (QED) is 0.821. The Morgan fingerprint density at radius 2 is 2.29 bits per heavy atom. The van der Waals surface area contributed by atoms with Gasteiger partial charge in [-0.05, 0) is 42.5 Å². The monoisotopic (exact) mass is 291 g/mol. The van der Waals surface area contributed by atoms with Crippen molar-refractivity contribution in [2.24, 2.45) is 5.41 Å². The fourth-order valence-corrected chi connectivity index (χ4v) is 3.42. The molecule has 1 saturated carbocycles. The highest BCUT2D eigenvalue weighted by atomic mass is 35.5. The molecule has 1 aliphatic rings. The lowest BCUT2D eigenvalue weighted by Crippen LogP contribution is -2.30. The third-order valence-electron chi connectivity index (χ3n) is 3.31. The number of alkyl halides is 1. The molecule has 2 nitrogen and oxygen atoms in total. The molecular weight excluding hydrogens is 277 g/mol. The summed E-state index contributed by atoms with van der Waals surface area (Å²) in [5.74, 6) is 0.600. The van der Waals surface area contributed by atoms with E-state index >= 15 is 0 Å². The number of hydrogen-bond donors (Lipinski definition) is 1. The normalized spacial score (nSPS) is 16.9. The van der Waals surface area contributed by atoms with Crippen LogP contribution in [0.3, 0.4) is 0 Å². The number of rotatable bonds is 5. The average molecular weight is 292 g/mol. The van der Waals surface area contributed by atoms with E-state index in [1.54, 1.807) is 0 Å². The number of hydrogen-bond acceptors (Lipinski definition) is 2. The number of carbonyl (C=O) groups is 1. The van der Waals surface area contributed by atoms with E-state index in [0.717, 1.165) is 24.8 Å². The maximum atomic E-state index is 11.9. The highest BCUT2D eigenvalue weighted by molar-refractivity contribution is 7.13. The van der Waals surface area contributed by atoms with Crippen molar-refractivity contribution in [2.45, 2.75) is 26.2 Å². The van der Waals surface area contributed by atoms with Crippen LogP contribution in [-0.2, 0) is 0 Å².